The summed E-state index contributed by atoms with van der Waals surface area (Å²) in [6.45, 7) is 15.1. The molecular formula is C32H63N3O8. The molecule has 1 aliphatic rings. The van der Waals surface area contributed by atoms with Crippen LogP contribution in [-0.2, 0) is 33.2 Å². The third kappa shape index (κ3) is 15.2. The van der Waals surface area contributed by atoms with Crippen LogP contribution < -0.4 is 0 Å². The SMILES string of the molecule is CCCCOC1[C@@H](OC[C@H](N=[N+]=[N-])[C@H](OCCCC)[C@@H](CC)OCCCC)OC(CO)[C@H](OCCCC)[C@@H]1OCCCC. The summed E-state index contributed by atoms with van der Waals surface area (Å²) in [4.78, 5) is 3.14. The molecule has 1 rings (SSSR count). The first-order valence-electron chi connectivity index (χ1n) is 17.1. The Hall–Kier alpha value is -1.01. The van der Waals surface area contributed by atoms with Gasteiger partial charge in [0.2, 0.25) is 0 Å². The van der Waals surface area contributed by atoms with E-state index >= 15 is 0 Å². The maximum absolute atomic E-state index is 10.3. The summed E-state index contributed by atoms with van der Waals surface area (Å²) in [6, 6.07) is -0.654. The van der Waals surface area contributed by atoms with Crippen LogP contribution in [0.1, 0.15) is 112 Å². The second kappa shape index (κ2) is 26.2. The second-order valence-electron chi connectivity index (χ2n) is 11.3. The third-order valence-electron chi connectivity index (χ3n) is 7.61. The summed E-state index contributed by atoms with van der Waals surface area (Å²) in [5.74, 6) is 0. The molecule has 2 unspecified atom stereocenters. The van der Waals surface area contributed by atoms with Gasteiger partial charge in [-0.15, -0.1) is 0 Å². The number of unbranched alkanes of at least 4 members (excludes halogenated alkanes) is 5. The van der Waals surface area contributed by atoms with Gasteiger partial charge in [-0.25, -0.2) is 0 Å². The van der Waals surface area contributed by atoms with Crippen molar-refractivity contribution < 1.29 is 38.3 Å². The number of aliphatic hydroxyl groups is 1. The molecule has 0 aromatic carbocycles. The summed E-state index contributed by atoms with van der Waals surface area (Å²) in [7, 11) is 0. The van der Waals surface area contributed by atoms with Crippen LogP contribution in [0, 0.1) is 0 Å². The highest BCUT2D eigenvalue weighted by molar-refractivity contribution is 4.94. The molecule has 0 aromatic heterocycles. The Kier molecular flexibility index (Phi) is 24.4. The van der Waals surface area contributed by atoms with Crippen LogP contribution in [0.2, 0.25) is 0 Å². The predicted molar refractivity (Wildman–Crippen MR) is 168 cm³/mol. The Bertz CT molecular complexity index is 700. The predicted octanol–water partition coefficient (Wildman–Crippen LogP) is 6.74. The number of nitrogens with zero attached hydrogens (tertiary/aromatic N) is 3. The monoisotopic (exact) mass is 617 g/mol. The van der Waals surface area contributed by atoms with Crippen molar-refractivity contribution in [2.45, 2.75) is 161 Å². The Morgan fingerprint density at radius 2 is 1.21 bits per heavy atom. The van der Waals surface area contributed by atoms with Gasteiger partial charge in [0.1, 0.15) is 24.4 Å². The fraction of sp³-hybridized carbons (Fsp3) is 1.00. The molecule has 0 aliphatic carbocycles. The van der Waals surface area contributed by atoms with E-state index in [4.69, 9.17) is 33.2 Å². The first kappa shape index (κ1) is 40.0. The molecule has 1 N–H and O–H groups in total. The molecular weight excluding hydrogens is 554 g/mol. The summed E-state index contributed by atoms with van der Waals surface area (Å²) in [6.07, 6.45) is 6.31. The van der Waals surface area contributed by atoms with E-state index in [1.807, 2.05) is 6.92 Å². The van der Waals surface area contributed by atoms with Gasteiger partial charge in [-0.05, 0) is 44.1 Å². The van der Waals surface area contributed by atoms with Gasteiger partial charge < -0.3 is 38.3 Å². The number of azide groups is 1. The minimum atomic E-state index is -0.861. The molecule has 1 aliphatic heterocycles. The number of aliphatic hydroxyl groups excluding tert-OH is 1. The first-order valence-corrected chi connectivity index (χ1v) is 17.1. The molecule has 11 heteroatoms. The molecule has 0 spiro atoms. The zero-order valence-electron chi connectivity index (χ0n) is 28.0. The van der Waals surface area contributed by atoms with Crippen LogP contribution in [0.15, 0.2) is 5.11 Å². The highest BCUT2D eigenvalue weighted by atomic mass is 16.7. The highest BCUT2D eigenvalue weighted by Crippen LogP contribution is 2.30. The van der Waals surface area contributed by atoms with E-state index in [1.165, 1.54) is 0 Å². The van der Waals surface area contributed by atoms with E-state index in [0.717, 1.165) is 64.2 Å². The number of hydrogen-bond acceptors (Lipinski definition) is 9. The molecule has 11 nitrogen and oxygen atoms in total. The van der Waals surface area contributed by atoms with Crippen molar-refractivity contribution >= 4 is 0 Å². The van der Waals surface area contributed by atoms with Crippen molar-refractivity contribution in [1.29, 1.82) is 0 Å². The van der Waals surface area contributed by atoms with Crippen LogP contribution in [0.25, 0.3) is 10.4 Å². The van der Waals surface area contributed by atoms with E-state index in [-0.39, 0.29) is 19.3 Å². The number of rotatable bonds is 28. The second-order valence-corrected chi connectivity index (χ2v) is 11.3. The van der Waals surface area contributed by atoms with Crippen LogP contribution in [0.4, 0.5) is 0 Å². The normalized spacial score (nSPS) is 24.4. The van der Waals surface area contributed by atoms with E-state index < -0.39 is 42.9 Å². The van der Waals surface area contributed by atoms with Crippen molar-refractivity contribution in [3.8, 4) is 0 Å². The fourth-order valence-electron chi connectivity index (χ4n) is 4.93. The van der Waals surface area contributed by atoms with Gasteiger partial charge in [0.25, 0.3) is 0 Å². The smallest absolute Gasteiger partial charge is 0.186 e. The standard InChI is InChI=1S/C32H63N3O8/c1-7-13-18-37-26(12-6)28(38-19-14-8-2)25(34-35-33)24-42-32-31(41-22-17-11-5)30(40-21-16-10-4)29(27(23-36)43-32)39-20-15-9-3/h25-32,36H,7-24H2,1-6H3/t25-,26+,27?,28-,29-,30-,31?,32-/m0/s1. The quantitative estimate of drug-likeness (QED) is 0.0442. The Balaban J connectivity index is 3.28. The van der Waals surface area contributed by atoms with E-state index in [1.54, 1.807) is 0 Å². The number of hydrogen-bond donors (Lipinski definition) is 1. The lowest BCUT2D eigenvalue weighted by Crippen LogP contribution is -2.62. The minimum absolute atomic E-state index is 0.0357. The molecule has 43 heavy (non-hydrogen) atoms. The van der Waals surface area contributed by atoms with Crippen molar-refractivity contribution in [3.63, 3.8) is 0 Å². The molecule has 0 amide bonds. The van der Waals surface area contributed by atoms with Gasteiger partial charge in [0.15, 0.2) is 6.29 Å². The fourth-order valence-corrected chi connectivity index (χ4v) is 4.93. The molecule has 1 saturated heterocycles. The molecule has 1 heterocycles. The molecule has 254 valence electrons. The summed E-state index contributed by atoms with van der Waals surface area (Å²) in [5, 5.41) is 14.5. The molecule has 0 radical (unpaired) electrons. The summed E-state index contributed by atoms with van der Waals surface area (Å²) in [5.41, 5.74) is 9.52. The minimum Gasteiger partial charge on any atom is -0.394 e. The van der Waals surface area contributed by atoms with Gasteiger partial charge in [0, 0.05) is 37.9 Å². The molecule has 0 bridgehead atoms. The maximum Gasteiger partial charge on any atom is 0.186 e. The first-order chi connectivity index (χ1) is 21.1. The Labute approximate surface area is 261 Å². The average Bonchev–Trinajstić information content (AvgIpc) is 3.02. The highest BCUT2D eigenvalue weighted by Gasteiger charge is 2.49. The Morgan fingerprint density at radius 1 is 0.698 bits per heavy atom. The third-order valence-corrected chi connectivity index (χ3v) is 7.61. The maximum atomic E-state index is 10.3. The topological polar surface area (TPSA) is 134 Å². The van der Waals surface area contributed by atoms with E-state index in [9.17, 15) is 10.6 Å². The lowest BCUT2D eigenvalue weighted by Gasteiger charge is -2.46. The average molecular weight is 618 g/mol. The lowest BCUT2D eigenvalue weighted by atomic mass is 9.98. The van der Waals surface area contributed by atoms with Crippen LogP contribution in [0.3, 0.4) is 0 Å². The van der Waals surface area contributed by atoms with Gasteiger partial charge in [-0.3, -0.25) is 0 Å². The van der Waals surface area contributed by atoms with E-state index in [2.05, 4.69) is 44.6 Å². The van der Waals surface area contributed by atoms with Crippen molar-refractivity contribution in [1.82, 2.24) is 0 Å². The van der Waals surface area contributed by atoms with Gasteiger partial charge in [0.05, 0.1) is 31.5 Å². The van der Waals surface area contributed by atoms with Crippen molar-refractivity contribution in [2.75, 3.05) is 46.2 Å². The summed E-state index contributed by atoms with van der Waals surface area (Å²) >= 11 is 0. The van der Waals surface area contributed by atoms with Crippen LogP contribution >= 0.6 is 0 Å². The van der Waals surface area contributed by atoms with Crippen LogP contribution in [-0.4, -0.2) is 100 Å². The van der Waals surface area contributed by atoms with E-state index in [0.29, 0.717) is 39.5 Å². The summed E-state index contributed by atoms with van der Waals surface area (Å²) < 4.78 is 44.3. The zero-order valence-corrected chi connectivity index (χ0v) is 28.0. The molecule has 0 aromatic rings. The zero-order chi connectivity index (χ0) is 31.7. The molecule has 0 saturated carbocycles. The molecule has 1 fully saturated rings. The molecule has 8 atom stereocenters. The van der Waals surface area contributed by atoms with Gasteiger partial charge in [-0.2, -0.15) is 0 Å². The van der Waals surface area contributed by atoms with Gasteiger partial charge in [-0.1, -0.05) is 78.8 Å². The van der Waals surface area contributed by atoms with Crippen molar-refractivity contribution in [2.24, 2.45) is 5.11 Å². The lowest BCUT2D eigenvalue weighted by molar-refractivity contribution is -0.323. The van der Waals surface area contributed by atoms with Crippen molar-refractivity contribution in [3.05, 3.63) is 10.4 Å². The largest absolute Gasteiger partial charge is 0.394 e. The van der Waals surface area contributed by atoms with Gasteiger partial charge >= 0.3 is 0 Å². The Morgan fingerprint density at radius 3 is 1.72 bits per heavy atom. The number of ether oxygens (including phenoxy) is 7. The van der Waals surface area contributed by atoms with Crippen LogP contribution in [0.5, 0.6) is 0 Å².